The fourth-order valence-electron chi connectivity index (χ4n) is 1.95. The molecule has 3 N–H and O–H groups in total. The van der Waals surface area contributed by atoms with Crippen molar-refractivity contribution in [1.29, 1.82) is 0 Å². The minimum absolute atomic E-state index is 0.0455. The quantitative estimate of drug-likeness (QED) is 0.576. The van der Waals surface area contributed by atoms with E-state index < -0.39 is 6.03 Å². The smallest absolute Gasteiger partial charge is 0.319 e. The first-order chi connectivity index (χ1) is 11.0. The molecule has 0 fully saturated rings. The average molecular weight is 333 g/mol. The molecule has 0 aliphatic heterocycles. The number of benzene rings is 2. The molecule has 2 rings (SSSR count). The summed E-state index contributed by atoms with van der Waals surface area (Å²) < 4.78 is 0. The molecular formula is C17H17ClN2O3. The summed E-state index contributed by atoms with van der Waals surface area (Å²) in [6, 6.07) is 11.1. The number of rotatable bonds is 5. The lowest BCUT2D eigenvalue weighted by atomic mass is 10.1. The molecule has 0 bridgehead atoms. The topological polar surface area (TPSA) is 78.4 Å². The van der Waals surface area contributed by atoms with Crippen LogP contribution in [-0.4, -0.2) is 23.5 Å². The standard InChI is InChI=1S/C17H17ClN2O3/c1-11-2-4-12(5-3-11)15(21)8-9-19-17(23)20-14-10-13(18)6-7-16(14)22/h2-7,10,22H,8-9H2,1H3,(H2,19,20,23). The summed E-state index contributed by atoms with van der Waals surface area (Å²) >= 11 is 5.80. The van der Waals surface area contributed by atoms with E-state index in [1.54, 1.807) is 12.1 Å². The molecule has 2 aromatic carbocycles. The van der Waals surface area contributed by atoms with Crippen LogP contribution < -0.4 is 10.6 Å². The number of hydrogen-bond donors (Lipinski definition) is 3. The van der Waals surface area contributed by atoms with Gasteiger partial charge in [0, 0.05) is 23.6 Å². The maximum Gasteiger partial charge on any atom is 0.319 e. The van der Waals surface area contributed by atoms with Gasteiger partial charge >= 0.3 is 6.03 Å². The van der Waals surface area contributed by atoms with Crippen LogP contribution in [0.2, 0.25) is 5.02 Å². The minimum atomic E-state index is -0.515. The normalized spacial score (nSPS) is 10.2. The number of hydrogen-bond acceptors (Lipinski definition) is 3. The van der Waals surface area contributed by atoms with E-state index in [1.165, 1.54) is 18.2 Å². The van der Waals surface area contributed by atoms with E-state index in [0.717, 1.165) is 5.56 Å². The lowest BCUT2D eigenvalue weighted by molar-refractivity contribution is 0.0983. The number of phenolic OH excluding ortho intramolecular Hbond substituents is 1. The third kappa shape index (κ3) is 5.00. The van der Waals surface area contributed by atoms with E-state index in [2.05, 4.69) is 10.6 Å². The Morgan fingerprint density at radius 1 is 1.13 bits per heavy atom. The minimum Gasteiger partial charge on any atom is -0.506 e. The van der Waals surface area contributed by atoms with Gasteiger partial charge < -0.3 is 15.7 Å². The molecule has 0 atom stereocenters. The third-order valence-electron chi connectivity index (χ3n) is 3.22. The number of Topliss-reactive ketones (excluding diaryl/α,β-unsaturated/α-hetero) is 1. The van der Waals surface area contributed by atoms with Crippen LogP contribution in [-0.2, 0) is 0 Å². The average Bonchev–Trinajstić information content (AvgIpc) is 2.51. The number of ketones is 1. The Labute approximate surface area is 139 Å². The molecule has 0 unspecified atom stereocenters. The highest BCUT2D eigenvalue weighted by molar-refractivity contribution is 6.31. The molecule has 0 heterocycles. The molecule has 0 aromatic heterocycles. The van der Waals surface area contributed by atoms with Crippen molar-refractivity contribution >= 4 is 29.1 Å². The van der Waals surface area contributed by atoms with Crippen LogP contribution in [0.1, 0.15) is 22.3 Å². The van der Waals surface area contributed by atoms with E-state index in [4.69, 9.17) is 11.6 Å². The highest BCUT2D eigenvalue weighted by atomic mass is 35.5. The summed E-state index contributed by atoms with van der Waals surface area (Å²) in [5.41, 5.74) is 1.91. The molecule has 2 aromatic rings. The van der Waals surface area contributed by atoms with Gasteiger partial charge in [0.15, 0.2) is 5.78 Å². The predicted octanol–water partition coefficient (Wildman–Crippen LogP) is 3.75. The first kappa shape index (κ1) is 16.8. The van der Waals surface area contributed by atoms with Crippen LogP contribution in [0, 0.1) is 6.92 Å². The zero-order valence-electron chi connectivity index (χ0n) is 12.6. The zero-order valence-corrected chi connectivity index (χ0v) is 13.4. The predicted molar refractivity (Wildman–Crippen MR) is 90.3 cm³/mol. The van der Waals surface area contributed by atoms with Crippen molar-refractivity contribution in [3.8, 4) is 5.75 Å². The lowest BCUT2D eigenvalue weighted by Crippen LogP contribution is -2.30. The zero-order chi connectivity index (χ0) is 16.8. The van der Waals surface area contributed by atoms with Crippen molar-refractivity contribution in [2.45, 2.75) is 13.3 Å². The number of urea groups is 1. The number of carbonyl (C=O) groups excluding carboxylic acids is 2. The number of amides is 2. The molecule has 0 aliphatic rings. The van der Waals surface area contributed by atoms with Crippen LogP contribution in [0.3, 0.4) is 0 Å². The van der Waals surface area contributed by atoms with Crippen molar-refractivity contribution in [3.63, 3.8) is 0 Å². The second-order valence-electron chi connectivity index (χ2n) is 5.08. The Hall–Kier alpha value is -2.53. The van der Waals surface area contributed by atoms with E-state index in [1.807, 2.05) is 19.1 Å². The molecule has 0 spiro atoms. The van der Waals surface area contributed by atoms with Crippen LogP contribution in [0.5, 0.6) is 5.75 Å². The van der Waals surface area contributed by atoms with Crippen LogP contribution in [0.15, 0.2) is 42.5 Å². The molecule has 5 nitrogen and oxygen atoms in total. The SMILES string of the molecule is Cc1ccc(C(=O)CCNC(=O)Nc2cc(Cl)ccc2O)cc1. The summed E-state index contributed by atoms with van der Waals surface area (Å²) in [7, 11) is 0. The second-order valence-corrected chi connectivity index (χ2v) is 5.52. The largest absolute Gasteiger partial charge is 0.506 e. The fourth-order valence-corrected chi connectivity index (χ4v) is 2.12. The van der Waals surface area contributed by atoms with Crippen molar-refractivity contribution in [2.75, 3.05) is 11.9 Å². The van der Waals surface area contributed by atoms with Gasteiger partial charge in [-0.15, -0.1) is 0 Å². The summed E-state index contributed by atoms with van der Waals surface area (Å²) in [5, 5.41) is 15.1. The molecule has 2 amide bonds. The molecular weight excluding hydrogens is 316 g/mol. The molecule has 0 aliphatic carbocycles. The Bertz CT molecular complexity index is 714. The molecule has 0 saturated heterocycles. The Balaban J connectivity index is 1.81. The monoisotopic (exact) mass is 332 g/mol. The number of halogens is 1. The van der Waals surface area contributed by atoms with E-state index in [0.29, 0.717) is 10.6 Å². The van der Waals surface area contributed by atoms with Gasteiger partial charge in [-0.3, -0.25) is 4.79 Å². The van der Waals surface area contributed by atoms with Crippen LogP contribution >= 0.6 is 11.6 Å². The highest BCUT2D eigenvalue weighted by Gasteiger charge is 2.09. The Kier molecular flexibility index (Phi) is 5.60. The van der Waals surface area contributed by atoms with Gasteiger partial charge in [-0.05, 0) is 25.1 Å². The first-order valence-corrected chi connectivity index (χ1v) is 7.47. The summed E-state index contributed by atoms with van der Waals surface area (Å²) in [5.74, 6) is -0.129. The number of carbonyl (C=O) groups is 2. The van der Waals surface area contributed by atoms with Crippen LogP contribution in [0.25, 0.3) is 0 Å². The number of phenols is 1. The molecule has 6 heteroatoms. The van der Waals surface area contributed by atoms with Crippen LogP contribution in [0.4, 0.5) is 10.5 Å². The second kappa shape index (κ2) is 7.65. The lowest BCUT2D eigenvalue weighted by Gasteiger charge is -2.09. The van der Waals surface area contributed by atoms with Gasteiger partial charge in [0.2, 0.25) is 0 Å². The highest BCUT2D eigenvalue weighted by Crippen LogP contribution is 2.26. The Morgan fingerprint density at radius 2 is 1.83 bits per heavy atom. The molecule has 120 valence electrons. The molecule has 23 heavy (non-hydrogen) atoms. The van der Waals surface area contributed by atoms with Crippen molar-refractivity contribution < 1.29 is 14.7 Å². The number of anilines is 1. The third-order valence-corrected chi connectivity index (χ3v) is 3.45. The maximum atomic E-state index is 12.0. The molecule has 0 radical (unpaired) electrons. The molecule has 0 saturated carbocycles. The van der Waals surface area contributed by atoms with Gasteiger partial charge in [-0.25, -0.2) is 4.79 Å². The van der Waals surface area contributed by atoms with Crippen molar-refractivity contribution in [2.24, 2.45) is 0 Å². The van der Waals surface area contributed by atoms with E-state index in [-0.39, 0.29) is 30.2 Å². The Morgan fingerprint density at radius 3 is 2.52 bits per heavy atom. The fraction of sp³-hybridized carbons (Fsp3) is 0.176. The summed E-state index contributed by atoms with van der Waals surface area (Å²) in [6.07, 6.45) is 0.192. The van der Waals surface area contributed by atoms with E-state index in [9.17, 15) is 14.7 Å². The maximum absolute atomic E-state index is 12.0. The van der Waals surface area contributed by atoms with Gasteiger partial charge in [-0.1, -0.05) is 41.4 Å². The van der Waals surface area contributed by atoms with E-state index >= 15 is 0 Å². The van der Waals surface area contributed by atoms with Crippen molar-refractivity contribution in [1.82, 2.24) is 5.32 Å². The number of aryl methyl sites for hydroxylation is 1. The van der Waals surface area contributed by atoms with Gasteiger partial charge in [0.1, 0.15) is 5.75 Å². The van der Waals surface area contributed by atoms with Crippen molar-refractivity contribution in [3.05, 3.63) is 58.6 Å². The van der Waals surface area contributed by atoms with Gasteiger partial charge in [0.25, 0.3) is 0 Å². The summed E-state index contributed by atoms with van der Waals surface area (Å²) in [4.78, 5) is 23.7. The first-order valence-electron chi connectivity index (χ1n) is 7.09. The number of nitrogens with one attached hydrogen (secondary N) is 2. The van der Waals surface area contributed by atoms with Gasteiger partial charge in [-0.2, -0.15) is 0 Å². The number of aromatic hydroxyl groups is 1. The summed E-state index contributed by atoms with van der Waals surface area (Å²) in [6.45, 7) is 2.14. The van der Waals surface area contributed by atoms with Gasteiger partial charge in [0.05, 0.1) is 5.69 Å².